The first kappa shape index (κ1) is 10.9. The smallest absolute Gasteiger partial charge is 0.0418 e. The molecule has 0 unspecified atom stereocenters. The predicted octanol–water partition coefficient (Wildman–Crippen LogP) is 2.81. The first-order valence-corrected chi connectivity index (χ1v) is 5.19. The summed E-state index contributed by atoms with van der Waals surface area (Å²) in [7, 11) is 0. The quantitative estimate of drug-likeness (QED) is 0.746. The Morgan fingerprint density at radius 3 is 2.50 bits per heavy atom. The monoisotopic (exact) mass is 192 g/mol. The maximum Gasteiger partial charge on any atom is 0.0418 e. The van der Waals surface area contributed by atoms with Gasteiger partial charge in [-0.05, 0) is 45.4 Å². The third-order valence-corrected chi connectivity index (χ3v) is 2.51. The number of nitrogen functional groups attached to an aromatic ring is 1. The first-order chi connectivity index (χ1) is 6.56. The minimum absolute atomic E-state index is 0.514. The average Bonchev–Trinajstić information content (AvgIpc) is 2.11. The van der Waals surface area contributed by atoms with E-state index in [4.69, 9.17) is 5.73 Å². The van der Waals surface area contributed by atoms with E-state index in [1.807, 2.05) is 6.07 Å². The summed E-state index contributed by atoms with van der Waals surface area (Å²) in [6.45, 7) is 9.71. The van der Waals surface area contributed by atoms with Crippen molar-refractivity contribution in [2.75, 3.05) is 17.2 Å². The van der Waals surface area contributed by atoms with Gasteiger partial charge in [-0.2, -0.15) is 0 Å². The van der Waals surface area contributed by atoms with Gasteiger partial charge in [-0.25, -0.2) is 0 Å². The number of hydrogen-bond acceptors (Lipinski definition) is 2. The molecule has 2 N–H and O–H groups in total. The summed E-state index contributed by atoms with van der Waals surface area (Å²) in [5.41, 5.74) is 9.17. The van der Waals surface area contributed by atoms with Gasteiger partial charge in [-0.15, -0.1) is 0 Å². The molecule has 0 saturated heterocycles. The normalized spacial score (nSPS) is 10.6. The molecule has 0 amide bonds. The fraction of sp³-hybridized carbons (Fsp3) is 0.500. The Labute approximate surface area is 86.7 Å². The number of nitrogens with two attached hydrogens (primary N) is 1. The van der Waals surface area contributed by atoms with Crippen LogP contribution in [0.1, 0.15) is 26.3 Å². The molecule has 0 aliphatic carbocycles. The number of anilines is 2. The van der Waals surface area contributed by atoms with Crippen LogP contribution in [-0.4, -0.2) is 12.6 Å². The van der Waals surface area contributed by atoms with Crippen molar-refractivity contribution in [2.24, 2.45) is 0 Å². The Bertz CT molecular complexity index is 305. The summed E-state index contributed by atoms with van der Waals surface area (Å²) in [6.07, 6.45) is 0. The molecule has 1 aromatic carbocycles. The third kappa shape index (κ3) is 2.19. The van der Waals surface area contributed by atoms with Crippen molar-refractivity contribution >= 4 is 11.4 Å². The molecule has 0 spiro atoms. The van der Waals surface area contributed by atoms with Crippen molar-refractivity contribution < 1.29 is 0 Å². The van der Waals surface area contributed by atoms with E-state index in [0.717, 1.165) is 12.2 Å². The highest BCUT2D eigenvalue weighted by molar-refractivity contribution is 5.61. The molecular weight excluding hydrogens is 172 g/mol. The summed E-state index contributed by atoms with van der Waals surface area (Å²) in [6, 6.07) is 6.60. The Morgan fingerprint density at radius 2 is 2.00 bits per heavy atom. The number of rotatable bonds is 3. The fourth-order valence-corrected chi connectivity index (χ4v) is 1.75. The lowest BCUT2D eigenvalue weighted by molar-refractivity contribution is 0.702. The highest BCUT2D eigenvalue weighted by Crippen LogP contribution is 2.24. The van der Waals surface area contributed by atoms with Gasteiger partial charge in [0.15, 0.2) is 0 Å². The van der Waals surface area contributed by atoms with Gasteiger partial charge >= 0.3 is 0 Å². The van der Waals surface area contributed by atoms with Crippen LogP contribution in [0, 0.1) is 6.92 Å². The van der Waals surface area contributed by atoms with E-state index in [0.29, 0.717) is 6.04 Å². The van der Waals surface area contributed by atoms with Gasteiger partial charge in [-0.3, -0.25) is 0 Å². The third-order valence-electron chi connectivity index (χ3n) is 2.51. The van der Waals surface area contributed by atoms with Crippen LogP contribution < -0.4 is 10.6 Å². The first-order valence-electron chi connectivity index (χ1n) is 5.19. The van der Waals surface area contributed by atoms with Gasteiger partial charge in [0.1, 0.15) is 0 Å². The van der Waals surface area contributed by atoms with Crippen molar-refractivity contribution in [1.82, 2.24) is 0 Å². The minimum atomic E-state index is 0.514. The van der Waals surface area contributed by atoms with Crippen LogP contribution in [0.5, 0.6) is 0 Å². The summed E-state index contributed by atoms with van der Waals surface area (Å²) in [5.74, 6) is 0. The molecule has 1 rings (SSSR count). The van der Waals surface area contributed by atoms with Crippen LogP contribution in [0.2, 0.25) is 0 Å². The van der Waals surface area contributed by atoms with Crippen molar-refractivity contribution in [3.8, 4) is 0 Å². The molecule has 0 fully saturated rings. The molecule has 0 atom stereocenters. The van der Waals surface area contributed by atoms with E-state index in [1.54, 1.807) is 0 Å². The van der Waals surface area contributed by atoms with Crippen LogP contribution in [-0.2, 0) is 0 Å². The Morgan fingerprint density at radius 1 is 1.36 bits per heavy atom. The molecule has 14 heavy (non-hydrogen) atoms. The second-order valence-corrected chi connectivity index (χ2v) is 3.93. The van der Waals surface area contributed by atoms with E-state index in [-0.39, 0.29) is 0 Å². The molecule has 0 radical (unpaired) electrons. The van der Waals surface area contributed by atoms with E-state index in [2.05, 4.69) is 44.7 Å². The van der Waals surface area contributed by atoms with Crippen LogP contribution >= 0.6 is 0 Å². The van der Waals surface area contributed by atoms with Crippen LogP contribution in [0.4, 0.5) is 11.4 Å². The Kier molecular flexibility index (Phi) is 3.39. The molecule has 78 valence electrons. The van der Waals surface area contributed by atoms with E-state index >= 15 is 0 Å². The fourth-order valence-electron chi connectivity index (χ4n) is 1.75. The topological polar surface area (TPSA) is 29.3 Å². The predicted molar refractivity (Wildman–Crippen MR) is 63.7 cm³/mol. The minimum Gasteiger partial charge on any atom is -0.399 e. The van der Waals surface area contributed by atoms with Crippen molar-refractivity contribution in [3.05, 3.63) is 23.8 Å². The highest BCUT2D eigenvalue weighted by Gasteiger charge is 2.10. The molecule has 0 heterocycles. The summed E-state index contributed by atoms with van der Waals surface area (Å²) >= 11 is 0. The summed E-state index contributed by atoms with van der Waals surface area (Å²) in [5, 5.41) is 0. The summed E-state index contributed by atoms with van der Waals surface area (Å²) < 4.78 is 0. The van der Waals surface area contributed by atoms with Gasteiger partial charge in [-0.1, -0.05) is 6.07 Å². The molecule has 0 bridgehead atoms. The lowest BCUT2D eigenvalue weighted by Crippen LogP contribution is -2.30. The number of benzene rings is 1. The number of hydrogen-bond donors (Lipinski definition) is 1. The largest absolute Gasteiger partial charge is 0.399 e. The molecule has 2 nitrogen and oxygen atoms in total. The van der Waals surface area contributed by atoms with Crippen LogP contribution in [0.15, 0.2) is 18.2 Å². The lowest BCUT2D eigenvalue weighted by Gasteiger charge is -2.29. The van der Waals surface area contributed by atoms with Gasteiger partial charge in [0, 0.05) is 24.0 Å². The highest BCUT2D eigenvalue weighted by atomic mass is 15.1. The molecule has 0 aliphatic heterocycles. The van der Waals surface area contributed by atoms with E-state index in [1.165, 1.54) is 11.3 Å². The van der Waals surface area contributed by atoms with Gasteiger partial charge in [0.25, 0.3) is 0 Å². The number of nitrogens with zero attached hydrogens (tertiary/aromatic N) is 1. The molecule has 2 heteroatoms. The molecule has 0 aromatic heterocycles. The van der Waals surface area contributed by atoms with E-state index < -0.39 is 0 Å². The summed E-state index contributed by atoms with van der Waals surface area (Å²) in [4.78, 5) is 2.35. The van der Waals surface area contributed by atoms with Gasteiger partial charge < -0.3 is 10.6 Å². The Balaban J connectivity index is 3.08. The second kappa shape index (κ2) is 4.36. The molecule has 0 aliphatic rings. The maximum atomic E-state index is 5.79. The molecule has 0 saturated carbocycles. The maximum absolute atomic E-state index is 5.79. The standard InChI is InChI=1S/C12H20N2/c1-5-14(9(2)3)12-8-11(13)7-6-10(12)4/h6-9H,5,13H2,1-4H3. The van der Waals surface area contributed by atoms with Gasteiger partial charge in [0.05, 0.1) is 0 Å². The zero-order chi connectivity index (χ0) is 10.7. The van der Waals surface area contributed by atoms with Crippen LogP contribution in [0.25, 0.3) is 0 Å². The van der Waals surface area contributed by atoms with Crippen molar-refractivity contribution in [1.29, 1.82) is 0 Å². The van der Waals surface area contributed by atoms with Crippen molar-refractivity contribution in [2.45, 2.75) is 33.7 Å². The SMILES string of the molecule is CCN(c1cc(N)ccc1C)C(C)C. The Hall–Kier alpha value is -1.18. The van der Waals surface area contributed by atoms with E-state index in [9.17, 15) is 0 Å². The second-order valence-electron chi connectivity index (χ2n) is 3.93. The number of aryl methyl sites for hydroxylation is 1. The van der Waals surface area contributed by atoms with Crippen LogP contribution in [0.3, 0.4) is 0 Å². The molecule has 1 aromatic rings. The van der Waals surface area contributed by atoms with Crippen molar-refractivity contribution in [3.63, 3.8) is 0 Å². The zero-order valence-electron chi connectivity index (χ0n) is 9.54. The lowest BCUT2D eigenvalue weighted by atomic mass is 10.1. The average molecular weight is 192 g/mol. The zero-order valence-corrected chi connectivity index (χ0v) is 9.54. The van der Waals surface area contributed by atoms with Gasteiger partial charge in [0.2, 0.25) is 0 Å². The molecular formula is C12H20N2.